The molecule has 0 aliphatic rings. The van der Waals surface area contributed by atoms with Crippen LogP contribution in [0.15, 0.2) is 42.5 Å². The zero-order chi connectivity index (χ0) is 14.7. The molecule has 0 radical (unpaired) electrons. The van der Waals surface area contributed by atoms with E-state index in [2.05, 4.69) is 21.9 Å². The summed E-state index contributed by atoms with van der Waals surface area (Å²) in [6, 6.07) is 13.9. The number of aryl methyl sites for hydroxylation is 1. The molecule has 0 saturated carbocycles. The molecule has 2 heterocycles. The van der Waals surface area contributed by atoms with Crippen LogP contribution in [0.2, 0.25) is 0 Å². The lowest BCUT2D eigenvalue weighted by Gasteiger charge is -2.07. The minimum atomic E-state index is 0.582. The molecule has 0 spiro atoms. The molecular formula is C17H17N3O. The number of hydrogen-bond acceptors (Lipinski definition) is 4. The largest absolute Gasteiger partial charge is 0.481 e. The Morgan fingerprint density at radius 2 is 1.86 bits per heavy atom. The Labute approximate surface area is 123 Å². The molecule has 0 atom stereocenters. The van der Waals surface area contributed by atoms with Crippen LogP contribution in [0.4, 0.5) is 0 Å². The minimum Gasteiger partial charge on any atom is -0.481 e. The molecule has 21 heavy (non-hydrogen) atoms. The van der Waals surface area contributed by atoms with Crippen molar-refractivity contribution in [3.05, 3.63) is 48.2 Å². The van der Waals surface area contributed by atoms with Gasteiger partial charge >= 0.3 is 0 Å². The van der Waals surface area contributed by atoms with Gasteiger partial charge in [0.15, 0.2) is 5.82 Å². The van der Waals surface area contributed by atoms with E-state index in [-0.39, 0.29) is 0 Å². The zero-order valence-electron chi connectivity index (χ0n) is 12.2. The number of rotatable bonds is 4. The summed E-state index contributed by atoms with van der Waals surface area (Å²) in [7, 11) is 1.62. The lowest BCUT2D eigenvalue weighted by molar-refractivity contribution is 0.396. The van der Waals surface area contributed by atoms with Crippen LogP contribution in [-0.4, -0.2) is 22.1 Å². The summed E-state index contributed by atoms with van der Waals surface area (Å²) >= 11 is 0. The molecule has 0 fully saturated rings. The number of aromatic nitrogens is 3. The van der Waals surface area contributed by atoms with E-state index >= 15 is 0 Å². The molecule has 0 saturated heterocycles. The molecule has 1 aromatic carbocycles. The average molecular weight is 279 g/mol. The van der Waals surface area contributed by atoms with E-state index in [1.165, 1.54) is 0 Å². The van der Waals surface area contributed by atoms with Crippen molar-refractivity contribution in [2.75, 3.05) is 7.11 Å². The Morgan fingerprint density at radius 3 is 2.67 bits per heavy atom. The summed E-state index contributed by atoms with van der Waals surface area (Å²) in [6.07, 6.45) is 1.93. The third-order valence-electron chi connectivity index (χ3n) is 3.30. The van der Waals surface area contributed by atoms with Gasteiger partial charge in [-0.25, -0.2) is 9.97 Å². The van der Waals surface area contributed by atoms with Gasteiger partial charge in [-0.15, -0.1) is 0 Å². The maximum atomic E-state index is 5.27. The lowest BCUT2D eigenvalue weighted by Crippen LogP contribution is -2.00. The first-order chi connectivity index (χ1) is 10.3. The molecule has 0 aliphatic heterocycles. The minimum absolute atomic E-state index is 0.582. The van der Waals surface area contributed by atoms with Crippen LogP contribution in [0.25, 0.3) is 22.4 Å². The van der Waals surface area contributed by atoms with Crippen LogP contribution in [0.3, 0.4) is 0 Å². The molecular weight excluding hydrogens is 262 g/mol. The Hall–Kier alpha value is -2.49. The molecule has 4 nitrogen and oxygen atoms in total. The summed E-state index contributed by atoms with van der Waals surface area (Å²) in [5.41, 5.74) is 2.69. The SMILES string of the molecule is CCCc1cc(OC)nc(-c2ccc3ccccc3n2)n1. The van der Waals surface area contributed by atoms with E-state index < -0.39 is 0 Å². The normalized spacial score (nSPS) is 10.8. The van der Waals surface area contributed by atoms with Crippen molar-refractivity contribution < 1.29 is 4.74 Å². The quantitative estimate of drug-likeness (QED) is 0.731. The van der Waals surface area contributed by atoms with Crippen LogP contribution in [0.5, 0.6) is 5.88 Å². The second-order valence-electron chi connectivity index (χ2n) is 4.86. The van der Waals surface area contributed by atoms with E-state index in [1.54, 1.807) is 7.11 Å². The molecule has 0 amide bonds. The third kappa shape index (κ3) is 2.84. The van der Waals surface area contributed by atoms with Crippen molar-refractivity contribution in [1.82, 2.24) is 15.0 Å². The van der Waals surface area contributed by atoms with Gasteiger partial charge in [-0.05, 0) is 18.6 Å². The average Bonchev–Trinajstić information content (AvgIpc) is 2.54. The molecule has 4 heteroatoms. The van der Waals surface area contributed by atoms with Gasteiger partial charge < -0.3 is 4.74 Å². The first-order valence-electron chi connectivity index (χ1n) is 7.08. The van der Waals surface area contributed by atoms with Gasteiger partial charge in [-0.1, -0.05) is 37.6 Å². The number of fused-ring (bicyclic) bond motifs is 1. The van der Waals surface area contributed by atoms with E-state index in [9.17, 15) is 0 Å². The lowest BCUT2D eigenvalue weighted by atomic mass is 10.2. The number of ether oxygens (including phenoxy) is 1. The summed E-state index contributed by atoms with van der Waals surface area (Å²) in [5.74, 6) is 1.20. The Kier molecular flexibility index (Phi) is 3.77. The highest BCUT2D eigenvalue weighted by molar-refractivity contribution is 5.80. The second-order valence-corrected chi connectivity index (χ2v) is 4.86. The molecule has 106 valence electrons. The van der Waals surface area contributed by atoms with E-state index in [0.717, 1.165) is 35.1 Å². The maximum Gasteiger partial charge on any atom is 0.216 e. The van der Waals surface area contributed by atoms with Crippen LogP contribution < -0.4 is 4.74 Å². The van der Waals surface area contributed by atoms with Crippen LogP contribution in [0, 0.1) is 0 Å². The third-order valence-corrected chi connectivity index (χ3v) is 3.30. The van der Waals surface area contributed by atoms with Gasteiger partial charge in [0.1, 0.15) is 5.69 Å². The standard InChI is InChI=1S/C17H17N3O/c1-3-6-13-11-16(21-2)20-17(18-13)15-10-9-12-7-4-5-8-14(12)19-15/h4-5,7-11H,3,6H2,1-2H3. The van der Waals surface area contributed by atoms with Crippen molar-refractivity contribution in [3.8, 4) is 17.4 Å². The number of pyridine rings is 1. The summed E-state index contributed by atoms with van der Waals surface area (Å²) in [5, 5.41) is 1.11. The van der Waals surface area contributed by atoms with Crippen molar-refractivity contribution >= 4 is 10.9 Å². The van der Waals surface area contributed by atoms with Gasteiger partial charge in [0.2, 0.25) is 5.88 Å². The fourth-order valence-electron chi connectivity index (χ4n) is 2.27. The molecule has 0 unspecified atom stereocenters. The summed E-state index contributed by atoms with van der Waals surface area (Å²) < 4.78 is 5.27. The monoisotopic (exact) mass is 279 g/mol. The fourth-order valence-corrected chi connectivity index (χ4v) is 2.27. The Bertz CT molecular complexity index is 771. The first-order valence-corrected chi connectivity index (χ1v) is 7.08. The molecule has 0 bridgehead atoms. The number of benzene rings is 1. The predicted octanol–water partition coefficient (Wildman–Crippen LogP) is 3.65. The highest BCUT2D eigenvalue weighted by Crippen LogP contribution is 2.21. The summed E-state index contributed by atoms with van der Waals surface area (Å²) in [4.78, 5) is 13.7. The predicted molar refractivity (Wildman–Crippen MR) is 83.3 cm³/mol. The van der Waals surface area contributed by atoms with E-state index in [0.29, 0.717) is 11.7 Å². The zero-order valence-corrected chi connectivity index (χ0v) is 12.2. The summed E-state index contributed by atoms with van der Waals surface area (Å²) in [6.45, 7) is 2.13. The highest BCUT2D eigenvalue weighted by Gasteiger charge is 2.09. The van der Waals surface area contributed by atoms with Crippen molar-refractivity contribution in [3.63, 3.8) is 0 Å². The van der Waals surface area contributed by atoms with Gasteiger partial charge in [0, 0.05) is 17.1 Å². The Morgan fingerprint density at radius 1 is 1.00 bits per heavy atom. The highest BCUT2D eigenvalue weighted by atomic mass is 16.5. The van der Waals surface area contributed by atoms with Crippen LogP contribution >= 0.6 is 0 Å². The number of para-hydroxylation sites is 1. The van der Waals surface area contributed by atoms with Gasteiger partial charge in [-0.2, -0.15) is 4.98 Å². The molecule has 3 rings (SSSR count). The van der Waals surface area contributed by atoms with Gasteiger partial charge in [0.05, 0.1) is 12.6 Å². The first kappa shape index (κ1) is 13.5. The van der Waals surface area contributed by atoms with E-state index in [1.807, 2.05) is 42.5 Å². The van der Waals surface area contributed by atoms with Gasteiger partial charge in [-0.3, -0.25) is 0 Å². The van der Waals surface area contributed by atoms with Crippen LogP contribution in [0.1, 0.15) is 19.0 Å². The fraction of sp³-hybridized carbons (Fsp3) is 0.235. The van der Waals surface area contributed by atoms with Crippen molar-refractivity contribution in [2.45, 2.75) is 19.8 Å². The molecule has 3 aromatic rings. The van der Waals surface area contributed by atoms with E-state index in [4.69, 9.17) is 4.74 Å². The Balaban J connectivity index is 2.10. The topological polar surface area (TPSA) is 47.9 Å². The number of methoxy groups -OCH3 is 1. The smallest absolute Gasteiger partial charge is 0.216 e. The number of hydrogen-bond donors (Lipinski definition) is 0. The van der Waals surface area contributed by atoms with Crippen LogP contribution in [-0.2, 0) is 6.42 Å². The second kappa shape index (κ2) is 5.87. The van der Waals surface area contributed by atoms with Crippen molar-refractivity contribution in [2.24, 2.45) is 0 Å². The van der Waals surface area contributed by atoms with Gasteiger partial charge in [0.25, 0.3) is 0 Å². The molecule has 2 aromatic heterocycles. The molecule has 0 aliphatic carbocycles. The van der Waals surface area contributed by atoms with Crippen molar-refractivity contribution in [1.29, 1.82) is 0 Å². The maximum absolute atomic E-state index is 5.27. The molecule has 0 N–H and O–H groups in total. The number of nitrogens with zero attached hydrogens (tertiary/aromatic N) is 3.